The third kappa shape index (κ3) is 7.33. The van der Waals surface area contributed by atoms with Crippen molar-refractivity contribution < 1.29 is 4.74 Å². The van der Waals surface area contributed by atoms with Crippen LogP contribution in [0, 0.1) is 0 Å². The Bertz CT molecular complexity index is 656. The van der Waals surface area contributed by atoms with Gasteiger partial charge in [0.1, 0.15) is 5.75 Å². The number of aryl methyl sites for hydroxylation is 2. The second kappa shape index (κ2) is 11.7. The van der Waals surface area contributed by atoms with Crippen LogP contribution in [0.25, 0.3) is 0 Å². The number of ether oxygens (including phenoxy) is 1. The molecule has 0 aliphatic carbocycles. The van der Waals surface area contributed by atoms with Gasteiger partial charge in [-0.3, -0.25) is 4.68 Å². The van der Waals surface area contributed by atoms with Crippen molar-refractivity contribution in [1.29, 1.82) is 0 Å². The van der Waals surface area contributed by atoms with Gasteiger partial charge in [-0.25, -0.2) is 4.99 Å². The smallest absolute Gasteiger partial charge is 0.191 e. The number of nitrogens with one attached hydrogen (secondary N) is 2. The van der Waals surface area contributed by atoms with Gasteiger partial charge in [0.15, 0.2) is 5.96 Å². The minimum atomic E-state index is 0. The fourth-order valence-electron chi connectivity index (χ4n) is 2.39. The molecule has 6 nitrogen and oxygen atoms in total. The Morgan fingerprint density at radius 1 is 1.28 bits per heavy atom. The molecule has 2 aromatic rings. The third-order valence-corrected chi connectivity index (χ3v) is 3.73. The van der Waals surface area contributed by atoms with Crippen LogP contribution in [-0.4, -0.2) is 35.9 Å². The largest absolute Gasteiger partial charge is 0.497 e. The predicted octanol–water partition coefficient (Wildman–Crippen LogP) is 2.73. The molecule has 2 rings (SSSR count). The molecule has 0 unspecified atom stereocenters. The lowest BCUT2D eigenvalue weighted by Gasteiger charge is -2.11. The van der Waals surface area contributed by atoms with Crippen molar-refractivity contribution in [3.63, 3.8) is 0 Å². The van der Waals surface area contributed by atoms with Gasteiger partial charge in [0, 0.05) is 26.3 Å². The average molecular weight is 457 g/mol. The molecule has 0 radical (unpaired) electrons. The van der Waals surface area contributed by atoms with E-state index in [0.717, 1.165) is 43.3 Å². The maximum Gasteiger partial charge on any atom is 0.191 e. The van der Waals surface area contributed by atoms with E-state index in [0.29, 0.717) is 6.54 Å². The second-order valence-electron chi connectivity index (χ2n) is 5.52. The number of methoxy groups -OCH3 is 1. The number of guanidine groups is 1. The van der Waals surface area contributed by atoms with Gasteiger partial charge in [-0.1, -0.05) is 12.1 Å². The fourth-order valence-corrected chi connectivity index (χ4v) is 2.39. The summed E-state index contributed by atoms with van der Waals surface area (Å²) in [6.45, 7) is 4.39. The van der Waals surface area contributed by atoms with Gasteiger partial charge in [0.05, 0.1) is 19.3 Å². The summed E-state index contributed by atoms with van der Waals surface area (Å²) in [6.07, 6.45) is 3.83. The lowest BCUT2D eigenvalue weighted by molar-refractivity contribution is 0.414. The van der Waals surface area contributed by atoms with E-state index in [1.165, 1.54) is 5.56 Å². The number of hydrogen-bond acceptors (Lipinski definition) is 3. The minimum Gasteiger partial charge on any atom is -0.497 e. The number of aromatic nitrogens is 2. The van der Waals surface area contributed by atoms with Crippen molar-refractivity contribution in [1.82, 2.24) is 20.4 Å². The molecule has 0 atom stereocenters. The van der Waals surface area contributed by atoms with E-state index < -0.39 is 0 Å². The van der Waals surface area contributed by atoms with Crippen LogP contribution < -0.4 is 15.4 Å². The zero-order chi connectivity index (χ0) is 17.2. The molecule has 1 heterocycles. The summed E-state index contributed by atoms with van der Waals surface area (Å²) in [5.74, 6) is 1.75. The van der Waals surface area contributed by atoms with Gasteiger partial charge in [0.25, 0.3) is 0 Å². The lowest BCUT2D eigenvalue weighted by atomic mass is 10.1. The van der Waals surface area contributed by atoms with E-state index in [-0.39, 0.29) is 24.0 Å². The molecule has 0 bridgehead atoms. The van der Waals surface area contributed by atoms with Gasteiger partial charge in [-0.05, 0) is 43.5 Å². The number of halogens is 1. The molecule has 0 amide bonds. The summed E-state index contributed by atoms with van der Waals surface area (Å²) in [6, 6.07) is 10.2. The Morgan fingerprint density at radius 3 is 2.80 bits per heavy atom. The summed E-state index contributed by atoms with van der Waals surface area (Å²) in [7, 11) is 3.63. The van der Waals surface area contributed by atoms with E-state index in [9.17, 15) is 0 Å². The topological polar surface area (TPSA) is 63.5 Å². The number of aliphatic imine (C=N–C) groups is 1. The Kier molecular flexibility index (Phi) is 9.98. The van der Waals surface area contributed by atoms with Crippen LogP contribution in [0.5, 0.6) is 5.75 Å². The standard InChI is InChI=1S/C18H27N5O.HI/c1-4-19-18(21-14-16-10-12-22-23(16)2)20-11-6-8-15-7-5-9-17(13-15)24-3;/h5,7,9-10,12-13H,4,6,8,11,14H2,1-3H3,(H2,19,20,21);1H. The van der Waals surface area contributed by atoms with Crippen LogP contribution >= 0.6 is 24.0 Å². The predicted molar refractivity (Wildman–Crippen MR) is 113 cm³/mol. The van der Waals surface area contributed by atoms with Crippen LogP contribution in [0.3, 0.4) is 0 Å². The highest BCUT2D eigenvalue weighted by molar-refractivity contribution is 14.0. The molecular formula is C18H28IN5O. The summed E-state index contributed by atoms with van der Waals surface area (Å²) >= 11 is 0. The molecule has 138 valence electrons. The van der Waals surface area contributed by atoms with Crippen LogP contribution in [0.4, 0.5) is 0 Å². The molecule has 0 aliphatic rings. The molecule has 2 N–H and O–H groups in total. The molecule has 1 aromatic carbocycles. The Labute approximate surface area is 167 Å². The monoisotopic (exact) mass is 457 g/mol. The lowest BCUT2D eigenvalue weighted by Crippen LogP contribution is -2.37. The van der Waals surface area contributed by atoms with Gasteiger partial charge in [-0.2, -0.15) is 5.10 Å². The Hall–Kier alpha value is -1.77. The molecule has 0 aliphatic heterocycles. The zero-order valence-electron chi connectivity index (χ0n) is 15.2. The van der Waals surface area contributed by atoms with Crippen molar-refractivity contribution in [3.05, 3.63) is 47.8 Å². The van der Waals surface area contributed by atoms with Crippen molar-refractivity contribution in [2.24, 2.45) is 12.0 Å². The fraction of sp³-hybridized carbons (Fsp3) is 0.444. The van der Waals surface area contributed by atoms with Crippen LogP contribution in [0.2, 0.25) is 0 Å². The first-order valence-electron chi connectivity index (χ1n) is 8.35. The summed E-state index contributed by atoms with van der Waals surface area (Å²) < 4.78 is 7.10. The van der Waals surface area contributed by atoms with Gasteiger partial charge in [0.2, 0.25) is 0 Å². The van der Waals surface area contributed by atoms with Crippen LogP contribution in [-0.2, 0) is 20.0 Å². The molecule has 0 saturated carbocycles. The molecule has 25 heavy (non-hydrogen) atoms. The molecule has 0 saturated heterocycles. The number of benzene rings is 1. The second-order valence-corrected chi connectivity index (χ2v) is 5.52. The number of nitrogens with zero attached hydrogens (tertiary/aromatic N) is 3. The van der Waals surface area contributed by atoms with Gasteiger partial charge >= 0.3 is 0 Å². The average Bonchev–Trinajstić information content (AvgIpc) is 3.01. The van der Waals surface area contributed by atoms with Crippen LogP contribution in [0.15, 0.2) is 41.5 Å². The summed E-state index contributed by atoms with van der Waals surface area (Å²) in [4.78, 5) is 4.60. The maximum atomic E-state index is 5.26. The summed E-state index contributed by atoms with van der Waals surface area (Å²) in [5.41, 5.74) is 2.37. The highest BCUT2D eigenvalue weighted by Gasteiger charge is 2.01. The highest BCUT2D eigenvalue weighted by atomic mass is 127. The molecule has 0 fully saturated rings. The SMILES string of the molecule is CCNC(=NCc1ccnn1C)NCCCc1cccc(OC)c1.I. The number of rotatable bonds is 8. The molecule has 1 aromatic heterocycles. The first-order chi connectivity index (χ1) is 11.7. The number of hydrogen-bond donors (Lipinski definition) is 2. The normalized spacial score (nSPS) is 10.9. The maximum absolute atomic E-state index is 5.26. The van der Waals surface area contributed by atoms with E-state index in [1.807, 2.05) is 29.9 Å². The Balaban J connectivity index is 0.00000312. The quantitative estimate of drug-likeness (QED) is 0.277. The van der Waals surface area contributed by atoms with Crippen molar-refractivity contribution >= 4 is 29.9 Å². The van der Waals surface area contributed by atoms with E-state index in [2.05, 4.69) is 39.8 Å². The zero-order valence-corrected chi connectivity index (χ0v) is 17.5. The van der Waals surface area contributed by atoms with Crippen molar-refractivity contribution in [3.8, 4) is 5.75 Å². The summed E-state index contributed by atoms with van der Waals surface area (Å²) in [5, 5.41) is 10.8. The molecular weight excluding hydrogens is 429 g/mol. The van der Waals surface area contributed by atoms with E-state index in [4.69, 9.17) is 4.74 Å². The van der Waals surface area contributed by atoms with E-state index >= 15 is 0 Å². The highest BCUT2D eigenvalue weighted by Crippen LogP contribution is 2.13. The van der Waals surface area contributed by atoms with Crippen molar-refractivity contribution in [2.75, 3.05) is 20.2 Å². The Morgan fingerprint density at radius 2 is 2.12 bits per heavy atom. The molecule has 0 spiro atoms. The van der Waals surface area contributed by atoms with Crippen molar-refractivity contribution in [2.45, 2.75) is 26.3 Å². The first-order valence-corrected chi connectivity index (χ1v) is 8.35. The third-order valence-electron chi connectivity index (χ3n) is 3.73. The minimum absolute atomic E-state index is 0. The van der Waals surface area contributed by atoms with Crippen LogP contribution in [0.1, 0.15) is 24.6 Å². The first kappa shape index (κ1) is 21.3. The van der Waals surface area contributed by atoms with E-state index in [1.54, 1.807) is 13.3 Å². The molecule has 7 heteroatoms. The van der Waals surface area contributed by atoms with Gasteiger partial charge < -0.3 is 15.4 Å². The van der Waals surface area contributed by atoms with Gasteiger partial charge in [-0.15, -0.1) is 24.0 Å².